The van der Waals surface area contributed by atoms with Gasteiger partial charge in [-0.25, -0.2) is 9.97 Å². The number of rotatable bonds is 1. The van der Waals surface area contributed by atoms with E-state index in [9.17, 15) is 0 Å². The first-order valence-electron chi connectivity index (χ1n) is 4.74. The van der Waals surface area contributed by atoms with Crippen LogP contribution in [-0.2, 0) is 6.42 Å². The zero-order chi connectivity index (χ0) is 10.3. The van der Waals surface area contributed by atoms with Crippen LogP contribution in [0, 0.1) is 13.8 Å². The first kappa shape index (κ1) is 8.99. The molecule has 3 N–H and O–H groups in total. The molecular formula is C10H14N4. The Morgan fingerprint density at radius 2 is 2.00 bits per heavy atom. The van der Waals surface area contributed by atoms with Crippen molar-refractivity contribution in [2.75, 3.05) is 5.73 Å². The molecule has 0 aromatic carbocycles. The molecular weight excluding hydrogens is 176 g/mol. The second kappa shape index (κ2) is 2.97. The molecule has 2 heterocycles. The molecule has 0 saturated carbocycles. The number of nitrogens with zero attached hydrogens (tertiary/aromatic N) is 2. The first-order chi connectivity index (χ1) is 6.63. The second-order valence-electron chi connectivity index (χ2n) is 3.46. The minimum atomic E-state index is 0.570. The van der Waals surface area contributed by atoms with Crippen molar-refractivity contribution in [2.45, 2.75) is 27.2 Å². The summed E-state index contributed by atoms with van der Waals surface area (Å²) in [6.45, 7) is 6.00. The highest BCUT2D eigenvalue weighted by Gasteiger charge is 2.11. The number of hydrogen-bond acceptors (Lipinski definition) is 3. The fraction of sp³-hybridized carbons (Fsp3) is 0.400. The number of nitrogen functional groups attached to an aromatic ring is 1. The molecule has 0 atom stereocenters. The highest BCUT2D eigenvalue weighted by Crippen LogP contribution is 2.24. The van der Waals surface area contributed by atoms with Crippen molar-refractivity contribution in [3.63, 3.8) is 0 Å². The lowest BCUT2D eigenvalue weighted by Crippen LogP contribution is -1.96. The Bertz CT molecular complexity index is 484. The van der Waals surface area contributed by atoms with Crippen LogP contribution < -0.4 is 5.73 Å². The van der Waals surface area contributed by atoms with Gasteiger partial charge in [0.15, 0.2) is 0 Å². The lowest BCUT2D eigenvalue weighted by atomic mass is 10.2. The number of H-pyrrole nitrogens is 1. The number of aromatic amines is 1. The Balaban J connectivity index is 2.85. The van der Waals surface area contributed by atoms with E-state index in [-0.39, 0.29) is 0 Å². The van der Waals surface area contributed by atoms with Crippen LogP contribution in [0.2, 0.25) is 0 Å². The summed E-state index contributed by atoms with van der Waals surface area (Å²) in [7, 11) is 0. The summed E-state index contributed by atoms with van der Waals surface area (Å²) in [6.07, 6.45) is 0.959. The quantitative estimate of drug-likeness (QED) is 0.719. The summed E-state index contributed by atoms with van der Waals surface area (Å²) in [5.74, 6) is 1.28. The van der Waals surface area contributed by atoms with Gasteiger partial charge in [-0.3, -0.25) is 0 Å². The molecule has 0 spiro atoms. The summed E-state index contributed by atoms with van der Waals surface area (Å²) < 4.78 is 0. The molecule has 0 radical (unpaired) electrons. The number of aryl methyl sites for hydroxylation is 3. The van der Waals surface area contributed by atoms with E-state index in [2.05, 4.69) is 21.9 Å². The van der Waals surface area contributed by atoms with E-state index in [0.717, 1.165) is 17.5 Å². The highest BCUT2D eigenvalue weighted by atomic mass is 15.0. The van der Waals surface area contributed by atoms with Crippen molar-refractivity contribution >= 4 is 16.9 Å². The Morgan fingerprint density at radius 3 is 2.64 bits per heavy atom. The lowest BCUT2D eigenvalue weighted by molar-refractivity contribution is 1.04. The maximum Gasteiger partial charge on any atom is 0.143 e. The molecule has 2 rings (SSSR count). The zero-order valence-corrected chi connectivity index (χ0v) is 8.68. The van der Waals surface area contributed by atoms with Crippen molar-refractivity contribution < 1.29 is 0 Å². The summed E-state index contributed by atoms with van der Waals surface area (Å²) in [4.78, 5) is 11.7. The fourth-order valence-corrected chi connectivity index (χ4v) is 1.80. The van der Waals surface area contributed by atoms with Gasteiger partial charge < -0.3 is 10.7 Å². The van der Waals surface area contributed by atoms with Crippen LogP contribution in [0.1, 0.15) is 24.0 Å². The van der Waals surface area contributed by atoms with E-state index in [0.29, 0.717) is 11.6 Å². The van der Waals surface area contributed by atoms with Crippen molar-refractivity contribution in [1.82, 2.24) is 15.0 Å². The molecule has 2 aromatic heterocycles. The van der Waals surface area contributed by atoms with Crippen molar-refractivity contribution in [1.29, 1.82) is 0 Å². The minimum Gasteiger partial charge on any atom is -0.383 e. The molecule has 0 aliphatic heterocycles. The molecule has 14 heavy (non-hydrogen) atoms. The van der Waals surface area contributed by atoms with E-state index in [1.54, 1.807) is 0 Å². The van der Waals surface area contributed by atoms with Crippen LogP contribution in [0.4, 0.5) is 5.82 Å². The summed E-state index contributed by atoms with van der Waals surface area (Å²) in [5, 5.41) is 0.965. The van der Waals surface area contributed by atoms with Crippen LogP contribution in [0.15, 0.2) is 0 Å². The van der Waals surface area contributed by atoms with Crippen LogP contribution in [0.3, 0.4) is 0 Å². The normalized spacial score (nSPS) is 11.1. The smallest absolute Gasteiger partial charge is 0.143 e. The van der Waals surface area contributed by atoms with E-state index >= 15 is 0 Å². The molecule has 4 nitrogen and oxygen atoms in total. The number of fused-ring (bicyclic) bond motifs is 1. The standard InChI is InChI=1S/C10H14N4/c1-4-7-5(2)8-9(11)12-6(3)13-10(8)14-7/h4H2,1-3H3,(H3,11,12,13,14). The van der Waals surface area contributed by atoms with E-state index < -0.39 is 0 Å². The largest absolute Gasteiger partial charge is 0.383 e. The van der Waals surface area contributed by atoms with Gasteiger partial charge in [0.2, 0.25) is 0 Å². The van der Waals surface area contributed by atoms with Crippen molar-refractivity contribution in [3.05, 3.63) is 17.1 Å². The van der Waals surface area contributed by atoms with Gasteiger partial charge in [-0.05, 0) is 25.8 Å². The summed E-state index contributed by atoms with van der Waals surface area (Å²) in [5.41, 5.74) is 9.06. The van der Waals surface area contributed by atoms with Crippen LogP contribution in [0.5, 0.6) is 0 Å². The average molecular weight is 190 g/mol. The Labute approximate surface area is 82.6 Å². The lowest BCUT2D eigenvalue weighted by Gasteiger charge is -1.98. The second-order valence-corrected chi connectivity index (χ2v) is 3.46. The summed E-state index contributed by atoms with van der Waals surface area (Å²) >= 11 is 0. The van der Waals surface area contributed by atoms with Gasteiger partial charge in [-0.15, -0.1) is 0 Å². The van der Waals surface area contributed by atoms with Crippen molar-refractivity contribution in [3.8, 4) is 0 Å². The molecule has 2 aromatic rings. The monoisotopic (exact) mass is 190 g/mol. The van der Waals surface area contributed by atoms with E-state index in [1.165, 1.54) is 11.3 Å². The van der Waals surface area contributed by atoms with Crippen LogP contribution >= 0.6 is 0 Å². The fourth-order valence-electron chi connectivity index (χ4n) is 1.80. The number of nitrogens with one attached hydrogen (secondary N) is 1. The Hall–Kier alpha value is -1.58. The molecule has 0 aliphatic rings. The first-order valence-corrected chi connectivity index (χ1v) is 4.74. The third-order valence-corrected chi connectivity index (χ3v) is 2.50. The van der Waals surface area contributed by atoms with Crippen LogP contribution in [0.25, 0.3) is 11.0 Å². The van der Waals surface area contributed by atoms with Gasteiger partial charge >= 0.3 is 0 Å². The van der Waals surface area contributed by atoms with Gasteiger partial charge in [-0.1, -0.05) is 6.92 Å². The third kappa shape index (κ3) is 1.14. The topological polar surface area (TPSA) is 67.6 Å². The maximum absolute atomic E-state index is 5.85. The SMILES string of the molecule is CCc1[nH]c2nc(C)nc(N)c2c1C. The van der Waals surface area contributed by atoms with Gasteiger partial charge in [-0.2, -0.15) is 0 Å². The van der Waals surface area contributed by atoms with Gasteiger partial charge in [0.05, 0.1) is 5.39 Å². The Kier molecular flexibility index (Phi) is 1.91. The zero-order valence-electron chi connectivity index (χ0n) is 8.68. The van der Waals surface area contributed by atoms with Gasteiger partial charge in [0.1, 0.15) is 17.3 Å². The number of aromatic nitrogens is 3. The van der Waals surface area contributed by atoms with E-state index in [4.69, 9.17) is 5.73 Å². The number of hydrogen-bond donors (Lipinski definition) is 2. The van der Waals surface area contributed by atoms with Gasteiger partial charge in [0, 0.05) is 5.69 Å². The van der Waals surface area contributed by atoms with E-state index in [1.807, 2.05) is 13.8 Å². The minimum absolute atomic E-state index is 0.570. The molecule has 4 heteroatoms. The molecule has 0 fully saturated rings. The molecule has 0 amide bonds. The van der Waals surface area contributed by atoms with Crippen molar-refractivity contribution in [2.24, 2.45) is 0 Å². The molecule has 74 valence electrons. The molecule has 0 saturated heterocycles. The van der Waals surface area contributed by atoms with Crippen LogP contribution in [-0.4, -0.2) is 15.0 Å². The Morgan fingerprint density at radius 1 is 1.29 bits per heavy atom. The molecule has 0 unspecified atom stereocenters. The maximum atomic E-state index is 5.85. The molecule has 0 bridgehead atoms. The number of anilines is 1. The third-order valence-electron chi connectivity index (χ3n) is 2.50. The number of nitrogens with two attached hydrogens (primary N) is 1. The predicted octanol–water partition coefficient (Wildman–Crippen LogP) is 1.72. The van der Waals surface area contributed by atoms with Gasteiger partial charge in [0.25, 0.3) is 0 Å². The molecule has 0 aliphatic carbocycles. The predicted molar refractivity (Wildman–Crippen MR) is 57.2 cm³/mol. The highest BCUT2D eigenvalue weighted by molar-refractivity contribution is 5.90. The average Bonchev–Trinajstić information content (AvgIpc) is 2.42. The summed E-state index contributed by atoms with van der Waals surface area (Å²) in [6, 6.07) is 0.